The number of nitrogens with one attached hydrogen (secondary N) is 1. The maximum absolute atomic E-state index is 11.5. The minimum absolute atomic E-state index is 0.109. The van der Waals surface area contributed by atoms with E-state index in [1.165, 1.54) is 43.8 Å². The van der Waals surface area contributed by atoms with Gasteiger partial charge < -0.3 is 9.80 Å². The van der Waals surface area contributed by atoms with E-state index in [4.69, 9.17) is 0 Å². The van der Waals surface area contributed by atoms with Gasteiger partial charge in [0.15, 0.2) is 0 Å². The molecule has 0 aromatic rings. The van der Waals surface area contributed by atoms with Crippen LogP contribution in [0.25, 0.3) is 0 Å². The average molecular weight is 226 g/mol. The number of hydrogen-bond acceptors (Lipinski definition) is 2. The summed E-state index contributed by atoms with van der Waals surface area (Å²) < 4.78 is 1.23. The van der Waals surface area contributed by atoms with Crippen molar-refractivity contribution < 1.29 is 9.28 Å². The second kappa shape index (κ2) is 4.72. The Hall–Kier alpha value is -0.610. The number of quaternary nitrogens is 1. The largest absolute Gasteiger partial charge is 0.350 e. The van der Waals surface area contributed by atoms with E-state index < -0.39 is 0 Å². The third kappa shape index (κ3) is 2.55. The Morgan fingerprint density at radius 2 is 1.81 bits per heavy atom. The van der Waals surface area contributed by atoms with E-state index in [9.17, 15) is 4.79 Å². The predicted octanol–water partition coefficient (Wildman–Crippen LogP) is -0.0954. The first-order valence-electron chi connectivity index (χ1n) is 6.46. The molecule has 0 radical (unpaired) electrons. The number of piperazine rings is 3. The number of carbonyl (C=O) groups is 1. The third-order valence-corrected chi connectivity index (χ3v) is 4.08. The molecule has 0 aromatic carbocycles. The van der Waals surface area contributed by atoms with Crippen molar-refractivity contribution in [3.63, 3.8) is 0 Å². The van der Waals surface area contributed by atoms with Crippen LogP contribution >= 0.6 is 0 Å². The molecule has 0 aromatic heterocycles. The van der Waals surface area contributed by atoms with Gasteiger partial charge in [-0.1, -0.05) is 13.8 Å². The number of rotatable bonds is 4. The van der Waals surface area contributed by atoms with E-state index >= 15 is 0 Å². The van der Waals surface area contributed by atoms with Crippen LogP contribution in [0, 0.1) is 5.92 Å². The topological polar surface area (TPSA) is 32.3 Å². The van der Waals surface area contributed by atoms with Crippen LogP contribution in [0.1, 0.15) is 13.8 Å². The zero-order chi connectivity index (χ0) is 11.6. The molecule has 0 unspecified atom stereocenters. The van der Waals surface area contributed by atoms with Crippen LogP contribution in [0.15, 0.2) is 0 Å². The van der Waals surface area contributed by atoms with Crippen LogP contribution in [-0.2, 0) is 4.79 Å². The fraction of sp³-hybridized carbons (Fsp3) is 0.917. The fourth-order valence-corrected chi connectivity index (χ4v) is 2.69. The molecule has 3 fully saturated rings. The van der Waals surface area contributed by atoms with Gasteiger partial charge >= 0.3 is 0 Å². The lowest BCUT2D eigenvalue weighted by Gasteiger charge is -2.50. The second-order valence-electron chi connectivity index (χ2n) is 5.52. The smallest absolute Gasteiger partial charge is 0.222 e. The molecule has 0 saturated carbocycles. The number of hydrogen-bond donors (Lipinski definition) is 1. The predicted molar refractivity (Wildman–Crippen MR) is 64.0 cm³/mol. The lowest BCUT2D eigenvalue weighted by Crippen LogP contribution is -2.68. The van der Waals surface area contributed by atoms with E-state index in [-0.39, 0.29) is 11.8 Å². The highest BCUT2D eigenvalue weighted by Crippen LogP contribution is 2.18. The molecule has 0 atom stereocenters. The molecule has 4 nitrogen and oxygen atoms in total. The highest BCUT2D eigenvalue weighted by Gasteiger charge is 2.37. The number of amides is 1. The molecule has 3 rings (SSSR count). The van der Waals surface area contributed by atoms with Crippen molar-refractivity contribution >= 4 is 5.91 Å². The molecule has 1 amide bonds. The van der Waals surface area contributed by atoms with E-state index in [1.807, 2.05) is 13.8 Å². The standard InChI is InChI=1S/C12H23N3O/c1-11(2)12(16)13-3-7-15-8-4-14(5-9-15)6-10-15/h11H,3-10H2,1-2H3/p+1. The van der Waals surface area contributed by atoms with Gasteiger partial charge in [0, 0.05) is 25.6 Å². The molecule has 3 aliphatic rings. The maximum Gasteiger partial charge on any atom is 0.222 e. The van der Waals surface area contributed by atoms with Gasteiger partial charge in [-0.15, -0.1) is 0 Å². The summed E-state index contributed by atoms with van der Waals surface area (Å²) >= 11 is 0. The van der Waals surface area contributed by atoms with Crippen molar-refractivity contribution in [2.75, 3.05) is 52.4 Å². The molecule has 0 spiro atoms. The van der Waals surface area contributed by atoms with Crippen LogP contribution in [0.2, 0.25) is 0 Å². The molecule has 1 N–H and O–H groups in total. The van der Waals surface area contributed by atoms with Gasteiger partial charge in [0.2, 0.25) is 5.91 Å². The monoisotopic (exact) mass is 226 g/mol. The summed E-state index contributed by atoms with van der Waals surface area (Å²) in [6.07, 6.45) is 0. The fourth-order valence-electron chi connectivity index (χ4n) is 2.69. The van der Waals surface area contributed by atoms with Gasteiger partial charge in [0.25, 0.3) is 0 Å². The highest BCUT2D eigenvalue weighted by atomic mass is 16.1. The van der Waals surface area contributed by atoms with Crippen LogP contribution in [0.3, 0.4) is 0 Å². The zero-order valence-electron chi connectivity index (χ0n) is 10.5. The normalized spacial score (nSPS) is 33.1. The van der Waals surface area contributed by atoms with Crippen LogP contribution in [0.4, 0.5) is 0 Å². The Morgan fingerprint density at radius 3 is 2.31 bits per heavy atom. The van der Waals surface area contributed by atoms with Gasteiger partial charge in [-0.2, -0.15) is 0 Å². The first kappa shape index (κ1) is 11.9. The molecule has 3 heterocycles. The first-order chi connectivity index (χ1) is 7.61. The molecule has 16 heavy (non-hydrogen) atoms. The first-order valence-corrected chi connectivity index (χ1v) is 6.46. The number of carbonyl (C=O) groups excluding carboxylic acids is 1. The summed E-state index contributed by atoms with van der Waals surface area (Å²) in [5, 5.41) is 3.04. The van der Waals surface area contributed by atoms with E-state index in [0.717, 1.165) is 13.1 Å². The summed E-state index contributed by atoms with van der Waals surface area (Å²) in [6, 6.07) is 0. The summed E-state index contributed by atoms with van der Waals surface area (Å²) in [5.41, 5.74) is 0. The third-order valence-electron chi connectivity index (χ3n) is 4.08. The van der Waals surface area contributed by atoms with Crippen molar-refractivity contribution in [3.8, 4) is 0 Å². The maximum atomic E-state index is 11.5. The van der Waals surface area contributed by atoms with Gasteiger partial charge in [-0.05, 0) is 0 Å². The van der Waals surface area contributed by atoms with Crippen molar-refractivity contribution in [1.29, 1.82) is 0 Å². The molecular weight excluding hydrogens is 202 g/mol. The molecular formula is C12H24N3O+. The number of fused-ring (bicyclic) bond motifs is 3. The SMILES string of the molecule is CC(C)C(=O)NCC[N+]12CCN(CC1)CC2. The number of nitrogens with zero attached hydrogens (tertiary/aromatic N) is 2. The van der Waals surface area contributed by atoms with E-state index in [0.29, 0.717) is 0 Å². The second-order valence-corrected chi connectivity index (χ2v) is 5.52. The van der Waals surface area contributed by atoms with Crippen molar-refractivity contribution in [2.45, 2.75) is 13.8 Å². The van der Waals surface area contributed by atoms with Crippen LogP contribution in [-0.4, -0.2) is 67.6 Å². The minimum atomic E-state index is 0.109. The molecule has 0 aliphatic carbocycles. The van der Waals surface area contributed by atoms with Crippen molar-refractivity contribution in [2.24, 2.45) is 5.92 Å². The van der Waals surface area contributed by atoms with E-state index in [1.54, 1.807) is 0 Å². The Morgan fingerprint density at radius 1 is 1.25 bits per heavy atom. The molecule has 3 aliphatic heterocycles. The van der Waals surface area contributed by atoms with Crippen molar-refractivity contribution in [3.05, 3.63) is 0 Å². The summed E-state index contributed by atoms with van der Waals surface area (Å²) in [5.74, 6) is 0.298. The van der Waals surface area contributed by atoms with Gasteiger partial charge in [0.05, 0.1) is 32.7 Å². The molecule has 4 heteroatoms. The van der Waals surface area contributed by atoms with Crippen LogP contribution < -0.4 is 5.32 Å². The van der Waals surface area contributed by atoms with Gasteiger partial charge in [0.1, 0.15) is 0 Å². The Bertz CT molecular complexity index is 243. The molecule has 92 valence electrons. The summed E-state index contributed by atoms with van der Waals surface area (Å²) in [7, 11) is 0. The summed E-state index contributed by atoms with van der Waals surface area (Å²) in [4.78, 5) is 14.0. The van der Waals surface area contributed by atoms with Gasteiger partial charge in [-0.3, -0.25) is 9.69 Å². The van der Waals surface area contributed by atoms with Crippen molar-refractivity contribution in [1.82, 2.24) is 10.2 Å². The quantitative estimate of drug-likeness (QED) is 0.679. The lowest BCUT2D eigenvalue weighted by molar-refractivity contribution is -0.939. The van der Waals surface area contributed by atoms with Gasteiger partial charge in [-0.25, -0.2) is 0 Å². The zero-order valence-corrected chi connectivity index (χ0v) is 10.5. The Labute approximate surface area is 98.2 Å². The Balaban J connectivity index is 1.75. The minimum Gasteiger partial charge on any atom is -0.350 e. The molecule has 3 saturated heterocycles. The summed E-state index contributed by atoms with van der Waals surface area (Å²) in [6.45, 7) is 13.4. The highest BCUT2D eigenvalue weighted by molar-refractivity contribution is 5.77. The molecule has 2 bridgehead atoms. The lowest BCUT2D eigenvalue weighted by atomic mass is 10.1. The average Bonchev–Trinajstić information content (AvgIpc) is 2.31. The van der Waals surface area contributed by atoms with Crippen LogP contribution in [0.5, 0.6) is 0 Å². The van der Waals surface area contributed by atoms with E-state index in [2.05, 4.69) is 10.2 Å². The Kier molecular flexibility index (Phi) is 3.50.